The van der Waals surface area contributed by atoms with E-state index in [0.717, 1.165) is 16.8 Å². The van der Waals surface area contributed by atoms with Gasteiger partial charge in [0.1, 0.15) is 23.4 Å². The van der Waals surface area contributed by atoms with Gasteiger partial charge in [-0.15, -0.1) is 0 Å². The van der Waals surface area contributed by atoms with E-state index in [4.69, 9.17) is 14.3 Å². The maximum absolute atomic E-state index is 13.0. The summed E-state index contributed by atoms with van der Waals surface area (Å²) in [6, 6.07) is 11.7. The van der Waals surface area contributed by atoms with Crippen LogP contribution in [0.3, 0.4) is 0 Å². The molecule has 1 aliphatic rings. The van der Waals surface area contributed by atoms with E-state index in [2.05, 4.69) is 10.5 Å². The van der Waals surface area contributed by atoms with E-state index in [9.17, 15) is 9.18 Å². The Balaban J connectivity index is 1.46. The fourth-order valence-corrected chi connectivity index (χ4v) is 3.02. The number of benzene rings is 2. The van der Waals surface area contributed by atoms with Gasteiger partial charge in [0.05, 0.1) is 32.9 Å². The summed E-state index contributed by atoms with van der Waals surface area (Å²) in [5.41, 5.74) is 2.60. The van der Waals surface area contributed by atoms with Crippen molar-refractivity contribution in [1.82, 2.24) is 5.32 Å². The number of oxime groups is 1. The zero-order chi connectivity index (χ0) is 19.9. The molecule has 1 amide bonds. The first-order valence-electron chi connectivity index (χ1n) is 9.01. The van der Waals surface area contributed by atoms with Crippen LogP contribution in [-0.2, 0) is 22.5 Å². The Bertz CT molecular complexity index is 852. The van der Waals surface area contributed by atoms with Crippen molar-refractivity contribution < 1.29 is 23.5 Å². The number of nitrogens with zero attached hydrogens (tertiary/aromatic N) is 1. The Morgan fingerprint density at radius 1 is 1.21 bits per heavy atom. The van der Waals surface area contributed by atoms with Crippen LogP contribution in [0.25, 0.3) is 0 Å². The molecule has 6 nitrogen and oxygen atoms in total. The van der Waals surface area contributed by atoms with Gasteiger partial charge in [-0.05, 0) is 35.9 Å². The monoisotopic (exact) mass is 386 g/mol. The molecule has 1 N–H and O–H groups in total. The summed E-state index contributed by atoms with van der Waals surface area (Å²) >= 11 is 0. The summed E-state index contributed by atoms with van der Waals surface area (Å²) in [6.07, 6.45) is 1.20. The number of nitrogens with one attached hydrogen (secondary N) is 1. The largest absolute Gasteiger partial charge is 0.497 e. The molecule has 28 heavy (non-hydrogen) atoms. The fourth-order valence-electron chi connectivity index (χ4n) is 3.02. The van der Waals surface area contributed by atoms with Gasteiger partial charge >= 0.3 is 0 Å². The number of carbonyl (C=O) groups excluding carboxylic acids is 1. The molecule has 7 heteroatoms. The predicted octanol–water partition coefficient (Wildman–Crippen LogP) is 2.89. The minimum absolute atomic E-state index is 0.137. The molecular weight excluding hydrogens is 363 g/mol. The highest BCUT2D eigenvalue weighted by molar-refractivity contribution is 5.87. The van der Waals surface area contributed by atoms with Crippen LogP contribution in [0.2, 0.25) is 0 Å². The predicted molar refractivity (Wildman–Crippen MR) is 103 cm³/mol. The van der Waals surface area contributed by atoms with Gasteiger partial charge in [-0.25, -0.2) is 4.39 Å². The number of methoxy groups -OCH3 is 2. The first kappa shape index (κ1) is 19.7. The average Bonchev–Trinajstić information content (AvgIpc) is 3.15. The quantitative estimate of drug-likeness (QED) is 0.758. The van der Waals surface area contributed by atoms with Crippen LogP contribution in [-0.4, -0.2) is 38.5 Å². The third-order valence-corrected chi connectivity index (χ3v) is 4.48. The van der Waals surface area contributed by atoms with Gasteiger partial charge in [0, 0.05) is 18.4 Å². The molecule has 0 fully saturated rings. The number of halogens is 1. The summed E-state index contributed by atoms with van der Waals surface area (Å²) in [7, 11) is 3.14. The standard InChI is InChI=1S/C21H23FN2O4/c1-26-18-7-8-20(27-2)15(10-18)11-21(25)23-13-19-12-17(24-28-19)9-14-3-5-16(22)6-4-14/h3-8,10,19H,9,11-13H2,1-2H3,(H,23,25). The Hall–Kier alpha value is -3.09. The van der Waals surface area contributed by atoms with Crippen LogP contribution < -0.4 is 14.8 Å². The molecular formula is C21H23FN2O4. The second kappa shape index (κ2) is 9.21. The number of rotatable bonds is 8. The van der Waals surface area contributed by atoms with Crippen molar-refractivity contribution in [1.29, 1.82) is 0 Å². The fraction of sp³-hybridized carbons (Fsp3) is 0.333. The van der Waals surface area contributed by atoms with Crippen molar-refractivity contribution in [3.8, 4) is 11.5 Å². The summed E-state index contributed by atoms with van der Waals surface area (Å²) in [6.45, 7) is 0.363. The van der Waals surface area contributed by atoms with E-state index in [1.54, 1.807) is 44.6 Å². The van der Waals surface area contributed by atoms with Gasteiger partial charge < -0.3 is 19.6 Å². The molecule has 0 bridgehead atoms. The van der Waals surface area contributed by atoms with Crippen molar-refractivity contribution in [2.45, 2.75) is 25.4 Å². The van der Waals surface area contributed by atoms with E-state index in [0.29, 0.717) is 30.9 Å². The minimum atomic E-state index is -0.262. The molecule has 3 rings (SSSR count). The first-order chi connectivity index (χ1) is 13.6. The molecule has 0 saturated heterocycles. The molecule has 1 aliphatic heterocycles. The van der Waals surface area contributed by atoms with E-state index in [1.807, 2.05) is 0 Å². The number of hydrogen-bond acceptors (Lipinski definition) is 5. The van der Waals surface area contributed by atoms with Crippen LogP contribution >= 0.6 is 0 Å². The summed E-state index contributed by atoms with van der Waals surface area (Å²) in [5.74, 6) is 0.906. The van der Waals surface area contributed by atoms with Crippen LogP contribution in [0.1, 0.15) is 17.5 Å². The lowest BCUT2D eigenvalue weighted by molar-refractivity contribution is -0.121. The van der Waals surface area contributed by atoms with E-state index in [-0.39, 0.29) is 24.2 Å². The molecule has 0 saturated carbocycles. The maximum atomic E-state index is 13.0. The number of amides is 1. The number of ether oxygens (including phenoxy) is 2. The third kappa shape index (κ3) is 5.22. The lowest BCUT2D eigenvalue weighted by atomic mass is 10.0. The van der Waals surface area contributed by atoms with Crippen LogP contribution in [0.5, 0.6) is 11.5 Å². The molecule has 1 heterocycles. The van der Waals surface area contributed by atoms with Gasteiger partial charge in [-0.1, -0.05) is 17.3 Å². The van der Waals surface area contributed by atoms with Gasteiger partial charge in [0.25, 0.3) is 0 Å². The van der Waals surface area contributed by atoms with Crippen molar-refractivity contribution in [3.05, 3.63) is 59.4 Å². The molecule has 2 aromatic rings. The van der Waals surface area contributed by atoms with Gasteiger partial charge in [-0.3, -0.25) is 4.79 Å². The normalized spacial score (nSPS) is 15.5. The first-order valence-corrected chi connectivity index (χ1v) is 9.01. The van der Waals surface area contributed by atoms with Crippen molar-refractivity contribution in [2.24, 2.45) is 5.16 Å². The molecule has 0 spiro atoms. The van der Waals surface area contributed by atoms with Crippen LogP contribution in [0.4, 0.5) is 4.39 Å². The highest BCUT2D eigenvalue weighted by atomic mass is 19.1. The molecule has 2 aromatic carbocycles. The molecule has 1 unspecified atom stereocenters. The number of hydrogen-bond donors (Lipinski definition) is 1. The maximum Gasteiger partial charge on any atom is 0.224 e. The van der Waals surface area contributed by atoms with Crippen molar-refractivity contribution in [2.75, 3.05) is 20.8 Å². The Labute approximate surface area is 163 Å². The Morgan fingerprint density at radius 2 is 2.00 bits per heavy atom. The molecule has 148 valence electrons. The molecule has 1 atom stereocenters. The lowest BCUT2D eigenvalue weighted by Crippen LogP contribution is -2.33. The van der Waals surface area contributed by atoms with Crippen molar-refractivity contribution >= 4 is 11.6 Å². The second-order valence-corrected chi connectivity index (χ2v) is 6.55. The van der Waals surface area contributed by atoms with E-state index >= 15 is 0 Å². The highest BCUT2D eigenvalue weighted by Crippen LogP contribution is 2.24. The second-order valence-electron chi connectivity index (χ2n) is 6.55. The van der Waals surface area contributed by atoms with E-state index < -0.39 is 0 Å². The topological polar surface area (TPSA) is 69.2 Å². The summed E-state index contributed by atoms with van der Waals surface area (Å²) in [5, 5.41) is 6.95. The lowest BCUT2D eigenvalue weighted by Gasteiger charge is -2.12. The number of carbonyl (C=O) groups is 1. The smallest absolute Gasteiger partial charge is 0.224 e. The zero-order valence-corrected chi connectivity index (χ0v) is 15.9. The zero-order valence-electron chi connectivity index (χ0n) is 15.9. The Morgan fingerprint density at radius 3 is 2.71 bits per heavy atom. The van der Waals surface area contributed by atoms with Crippen molar-refractivity contribution in [3.63, 3.8) is 0 Å². The SMILES string of the molecule is COc1ccc(OC)c(CC(=O)NCC2CC(Cc3ccc(F)cc3)=NO2)c1. The van der Waals surface area contributed by atoms with Crippen LogP contribution in [0.15, 0.2) is 47.6 Å². The van der Waals surface area contributed by atoms with Gasteiger partial charge in [0.15, 0.2) is 0 Å². The van der Waals surface area contributed by atoms with Gasteiger partial charge in [-0.2, -0.15) is 0 Å². The minimum Gasteiger partial charge on any atom is -0.497 e. The summed E-state index contributed by atoms with van der Waals surface area (Å²) in [4.78, 5) is 17.7. The third-order valence-electron chi connectivity index (χ3n) is 4.48. The summed E-state index contributed by atoms with van der Waals surface area (Å²) < 4.78 is 23.5. The highest BCUT2D eigenvalue weighted by Gasteiger charge is 2.22. The van der Waals surface area contributed by atoms with E-state index in [1.165, 1.54) is 12.1 Å². The van der Waals surface area contributed by atoms with Crippen LogP contribution in [0, 0.1) is 5.82 Å². The molecule has 0 aromatic heterocycles. The Kier molecular flexibility index (Phi) is 6.47. The molecule has 0 aliphatic carbocycles. The van der Waals surface area contributed by atoms with Gasteiger partial charge in [0.2, 0.25) is 5.91 Å². The molecule has 0 radical (unpaired) electrons. The average molecular weight is 386 g/mol.